The number of aromatic nitrogens is 6. The highest BCUT2D eigenvalue weighted by Gasteiger charge is 2.30. The number of rotatable bonds is 7. The quantitative estimate of drug-likeness (QED) is 0.264. The molecule has 0 unspecified atom stereocenters. The Labute approximate surface area is 274 Å². The van der Waals surface area contributed by atoms with E-state index in [-0.39, 0.29) is 48.3 Å². The van der Waals surface area contributed by atoms with Gasteiger partial charge in [-0.1, -0.05) is 19.1 Å². The van der Waals surface area contributed by atoms with Crippen LogP contribution in [0.5, 0.6) is 5.75 Å². The zero-order valence-corrected chi connectivity index (χ0v) is 26.9. The van der Waals surface area contributed by atoms with Crippen molar-refractivity contribution in [3.63, 3.8) is 0 Å². The van der Waals surface area contributed by atoms with E-state index < -0.39 is 5.91 Å². The molecule has 2 aliphatic rings. The lowest BCUT2D eigenvalue weighted by Crippen LogP contribution is -2.51. The van der Waals surface area contributed by atoms with Gasteiger partial charge in [0.25, 0.3) is 11.5 Å². The predicted octanol–water partition coefficient (Wildman–Crippen LogP) is 2.72. The summed E-state index contributed by atoms with van der Waals surface area (Å²) in [5, 5.41) is 18.8. The zero-order chi connectivity index (χ0) is 33.5. The van der Waals surface area contributed by atoms with Crippen molar-refractivity contribution in [2.75, 3.05) is 49.6 Å². The van der Waals surface area contributed by atoms with E-state index in [1.54, 1.807) is 22.7 Å². The molecule has 48 heavy (non-hydrogen) atoms. The molecular weight excluding hydrogens is 618 g/mol. The number of nitrogens with one attached hydrogen (secondary N) is 1. The minimum Gasteiger partial charge on any atom is -0.504 e. The van der Waals surface area contributed by atoms with Crippen molar-refractivity contribution < 1.29 is 23.8 Å². The van der Waals surface area contributed by atoms with Crippen LogP contribution in [-0.2, 0) is 22.5 Å². The van der Waals surface area contributed by atoms with E-state index in [1.165, 1.54) is 10.8 Å². The Morgan fingerprint density at radius 3 is 2.65 bits per heavy atom. The second-order valence-electron chi connectivity index (χ2n) is 11.8. The minimum absolute atomic E-state index is 0.0566. The van der Waals surface area contributed by atoms with Crippen LogP contribution in [0.4, 0.5) is 11.4 Å². The molecule has 0 spiro atoms. The molecule has 7 rings (SSSR count). The second-order valence-corrected chi connectivity index (χ2v) is 11.8. The molecule has 248 valence electrons. The van der Waals surface area contributed by atoms with Crippen LogP contribution < -0.4 is 15.8 Å². The minimum atomic E-state index is -0.411. The van der Waals surface area contributed by atoms with Crippen LogP contribution in [0.25, 0.3) is 22.3 Å². The Bertz CT molecular complexity index is 2160. The first-order chi connectivity index (χ1) is 23.2. The summed E-state index contributed by atoms with van der Waals surface area (Å²) in [6, 6.07) is 5.54. The van der Waals surface area contributed by atoms with Gasteiger partial charge in [0.05, 0.1) is 36.6 Å². The third-order valence-electron chi connectivity index (χ3n) is 8.89. The Morgan fingerprint density at radius 1 is 1.08 bits per heavy atom. The highest BCUT2D eigenvalue weighted by atomic mass is 16.5. The van der Waals surface area contributed by atoms with Crippen LogP contribution in [0.1, 0.15) is 46.6 Å². The van der Waals surface area contributed by atoms with Gasteiger partial charge in [0.15, 0.2) is 17.3 Å². The molecule has 2 amide bonds. The van der Waals surface area contributed by atoms with Gasteiger partial charge in [-0.25, -0.2) is 9.97 Å². The fourth-order valence-electron chi connectivity index (χ4n) is 6.34. The number of ether oxygens (including phenoxy) is 1. The predicted molar refractivity (Wildman–Crippen MR) is 176 cm³/mol. The van der Waals surface area contributed by atoms with Gasteiger partial charge in [-0.2, -0.15) is 9.50 Å². The smallest absolute Gasteiger partial charge is 0.299 e. The molecule has 5 aromatic rings. The number of hydrogen-bond donors (Lipinski definition) is 2. The largest absolute Gasteiger partial charge is 0.504 e. The standard InChI is InChI=1S/C33H35N9O6/c1-4-24-27(39-10-12-40(13-11-39)31(45)26-28(44)20(3)34-18-35-26)32(46)42-33(37-30(38-42)21-7-14-47-15-8-21)41(24)17-25(43)36-23-6-5-19(2)29-22(23)9-16-48-29/h5-7,9,16,18,44H,4,8,10-15,17H2,1-3H3,(H,36,43). The van der Waals surface area contributed by atoms with E-state index in [0.29, 0.717) is 73.3 Å². The summed E-state index contributed by atoms with van der Waals surface area (Å²) in [4.78, 5) is 57.4. The molecule has 15 heteroatoms. The van der Waals surface area contributed by atoms with Gasteiger partial charge in [0, 0.05) is 31.6 Å². The number of furan rings is 1. The maximum atomic E-state index is 14.2. The van der Waals surface area contributed by atoms with Gasteiger partial charge in [0.1, 0.15) is 24.1 Å². The first-order valence-corrected chi connectivity index (χ1v) is 15.9. The fourth-order valence-corrected chi connectivity index (χ4v) is 6.34. The van der Waals surface area contributed by atoms with E-state index in [9.17, 15) is 19.5 Å². The first-order valence-electron chi connectivity index (χ1n) is 15.9. The van der Waals surface area contributed by atoms with Gasteiger partial charge in [-0.15, -0.1) is 5.10 Å². The molecule has 2 N–H and O–H groups in total. The summed E-state index contributed by atoms with van der Waals surface area (Å²) in [6.07, 6.45) is 5.77. The van der Waals surface area contributed by atoms with Crippen LogP contribution in [0, 0.1) is 13.8 Å². The Morgan fingerprint density at radius 2 is 1.90 bits per heavy atom. The molecule has 2 aliphatic heterocycles. The molecule has 0 bridgehead atoms. The van der Waals surface area contributed by atoms with Crippen LogP contribution >= 0.6 is 0 Å². The third-order valence-corrected chi connectivity index (χ3v) is 8.89. The highest BCUT2D eigenvalue weighted by molar-refractivity contribution is 6.01. The molecule has 0 atom stereocenters. The van der Waals surface area contributed by atoms with E-state index in [4.69, 9.17) is 14.1 Å². The zero-order valence-electron chi connectivity index (χ0n) is 26.9. The van der Waals surface area contributed by atoms with Crippen molar-refractivity contribution in [3.05, 3.63) is 75.7 Å². The molecule has 4 aromatic heterocycles. The lowest BCUT2D eigenvalue weighted by molar-refractivity contribution is -0.116. The van der Waals surface area contributed by atoms with E-state index >= 15 is 0 Å². The number of aromatic hydroxyl groups is 1. The van der Waals surface area contributed by atoms with Gasteiger partial charge in [-0.3, -0.25) is 14.4 Å². The van der Waals surface area contributed by atoms with E-state index in [0.717, 1.165) is 16.5 Å². The SMILES string of the molecule is CCc1c(N2CCN(C(=O)c3ncnc(C)c3O)CC2)c(=O)n2nc(C3=CCOCC3)nc2n1CC(=O)Nc1ccc(C)c2occc12. The molecular formula is C33H35N9O6. The molecule has 0 saturated carbocycles. The summed E-state index contributed by atoms with van der Waals surface area (Å²) in [7, 11) is 0. The topological polar surface area (TPSA) is 173 Å². The molecule has 1 aromatic carbocycles. The van der Waals surface area contributed by atoms with Crippen LogP contribution in [0.2, 0.25) is 0 Å². The number of fused-ring (bicyclic) bond motifs is 2. The number of nitrogens with zero attached hydrogens (tertiary/aromatic N) is 8. The molecule has 1 saturated heterocycles. The maximum absolute atomic E-state index is 14.2. The van der Waals surface area contributed by atoms with Crippen molar-refractivity contribution in [1.82, 2.24) is 34.0 Å². The van der Waals surface area contributed by atoms with Crippen molar-refractivity contribution in [1.29, 1.82) is 0 Å². The molecule has 0 radical (unpaired) electrons. The van der Waals surface area contributed by atoms with Crippen molar-refractivity contribution in [2.24, 2.45) is 0 Å². The average molecular weight is 654 g/mol. The Kier molecular flexibility index (Phi) is 8.12. The summed E-state index contributed by atoms with van der Waals surface area (Å²) >= 11 is 0. The highest BCUT2D eigenvalue weighted by Crippen LogP contribution is 2.29. The van der Waals surface area contributed by atoms with Gasteiger partial charge in [-0.05, 0) is 50.0 Å². The lowest BCUT2D eigenvalue weighted by Gasteiger charge is -2.36. The summed E-state index contributed by atoms with van der Waals surface area (Å²) < 4.78 is 14.1. The number of hydrogen-bond acceptors (Lipinski definition) is 11. The van der Waals surface area contributed by atoms with E-state index in [2.05, 4.69) is 20.4 Å². The Balaban J connectivity index is 1.24. The number of aryl methyl sites for hydroxylation is 2. The second kappa shape index (κ2) is 12.6. The number of anilines is 2. The summed E-state index contributed by atoms with van der Waals surface area (Å²) in [5.74, 6) is -0.286. The third kappa shape index (κ3) is 5.45. The van der Waals surface area contributed by atoms with Crippen LogP contribution in [0.15, 0.2) is 46.1 Å². The van der Waals surface area contributed by atoms with Crippen molar-refractivity contribution in [2.45, 2.75) is 40.2 Å². The average Bonchev–Trinajstić information content (AvgIpc) is 3.78. The van der Waals surface area contributed by atoms with Gasteiger partial charge in [0.2, 0.25) is 11.7 Å². The van der Waals surface area contributed by atoms with Crippen LogP contribution in [-0.4, -0.2) is 90.3 Å². The monoisotopic (exact) mass is 653 g/mol. The number of benzene rings is 1. The fraction of sp³-hybridized carbons (Fsp3) is 0.364. The maximum Gasteiger partial charge on any atom is 0.299 e. The molecule has 0 aliphatic carbocycles. The molecule has 1 fully saturated rings. The number of piperazine rings is 1. The normalized spacial score (nSPS) is 15.3. The lowest BCUT2D eigenvalue weighted by atomic mass is 10.1. The molecule has 6 heterocycles. The van der Waals surface area contributed by atoms with Crippen molar-refractivity contribution >= 4 is 45.5 Å². The number of carbonyl (C=O) groups excluding carboxylic acids is 2. The Hall–Kier alpha value is -5.57. The number of carbonyl (C=O) groups is 2. The summed E-state index contributed by atoms with van der Waals surface area (Å²) in [5.41, 5.74) is 4.08. The number of amides is 2. The van der Waals surface area contributed by atoms with Gasteiger partial charge < -0.3 is 33.9 Å². The van der Waals surface area contributed by atoms with Gasteiger partial charge >= 0.3 is 0 Å². The molecule has 15 nitrogen and oxygen atoms in total. The van der Waals surface area contributed by atoms with Crippen LogP contribution in [0.3, 0.4) is 0 Å². The van der Waals surface area contributed by atoms with Crippen molar-refractivity contribution in [3.8, 4) is 5.75 Å². The first kappa shape index (κ1) is 31.1. The van der Waals surface area contributed by atoms with E-state index in [1.807, 2.05) is 43.0 Å². The summed E-state index contributed by atoms with van der Waals surface area (Å²) in [6.45, 7) is 7.53.